The highest BCUT2D eigenvalue weighted by molar-refractivity contribution is 6.39. The Morgan fingerprint density at radius 3 is 2.36 bits per heavy atom. The molecule has 2 atom stereocenters. The average molecular weight is 617 g/mol. The van der Waals surface area contributed by atoms with Gasteiger partial charge in [0, 0.05) is 18.5 Å². The third-order valence-corrected chi connectivity index (χ3v) is 7.71. The first-order valence-corrected chi connectivity index (χ1v) is 14.3. The van der Waals surface area contributed by atoms with E-state index in [0.717, 1.165) is 17.0 Å². The number of ketones is 1. The number of benzene rings is 2. The third kappa shape index (κ3) is 7.08. The maximum Gasteiger partial charge on any atom is 0.341 e. The molecule has 0 aromatic heterocycles. The lowest BCUT2D eigenvalue weighted by molar-refractivity contribution is -0.176. The lowest BCUT2D eigenvalue weighted by Gasteiger charge is -2.42. The van der Waals surface area contributed by atoms with Gasteiger partial charge in [-0.25, -0.2) is 9.80 Å². The van der Waals surface area contributed by atoms with Crippen LogP contribution in [0.1, 0.15) is 58.9 Å². The number of hydrazine groups is 1. The number of carbonyl (C=O) groups excluding carboxylic acids is 6. The number of ether oxygens (including phenoxy) is 1. The minimum Gasteiger partial charge on any atom is -0.454 e. The molecule has 2 aromatic carbocycles. The molecule has 2 fully saturated rings. The Hall–Kier alpha value is -3.96. The minimum absolute atomic E-state index is 0.00952. The van der Waals surface area contributed by atoms with Gasteiger partial charge < -0.3 is 15.4 Å². The van der Waals surface area contributed by atoms with E-state index in [4.69, 9.17) is 27.9 Å². The Bertz CT molecular complexity index is 1380. The van der Waals surface area contributed by atoms with Crippen LogP contribution in [-0.4, -0.2) is 77.2 Å². The highest BCUT2D eigenvalue weighted by Gasteiger charge is 2.44. The van der Waals surface area contributed by atoms with Crippen LogP contribution < -0.4 is 10.6 Å². The second-order valence-electron chi connectivity index (χ2n) is 9.90. The summed E-state index contributed by atoms with van der Waals surface area (Å²) < 4.78 is 5.00. The van der Waals surface area contributed by atoms with Gasteiger partial charge in [-0.2, -0.15) is 0 Å². The third-order valence-electron chi connectivity index (χ3n) is 7.08. The summed E-state index contributed by atoms with van der Waals surface area (Å²) in [6.07, 6.45) is 1.60. The lowest BCUT2D eigenvalue weighted by Crippen LogP contribution is -2.63. The number of carbonyl (C=O) groups is 6. The zero-order valence-corrected chi connectivity index (χ0v) is 24.4. The van der Waals surface area contributed by atoms with Crippen molar-refractivity contribution in [2.24, 2.45) is 0 Å². The first-order valence-electron chi connectivity index (χ1n) is 13.5. The molecule has 0 aliphatic carbocycles. The molecule has 222 valence electrons. The molecule has 0 spiro atoms. The molecule has 2 N–H and O–H groups in total. The van der Waals surface area contributed by atoms with Gasteiger partial charge in [0.05, 0.1) is 22.2 Å². The zero-order valence-electron chi connectivity index (χ0n) is 22.9. The van der Waals surface area contributed by atoms with Gasteiger partial charge in [0.2, 0.25) is 11.8 Å². The van der Waals surface area contributed by atoms with Crippen LogP contribution >= 0.6 is 23.2 Å². The smallest absolute Gasteiger partial charge is 0.341 e. The van der Waals surface area contributed by atoms with E-state index in [2.05, 4.69) is 10.6 Å². The molecular formula is C29H30Cl2N4O7. The number of rotatable bonds is 9. The quantitative estimate of drug-likeness (QED) is 0.412. The molecule has 4 amide bonds. The van der Waals surface area contributed by atoms with E-state index < -0.39 is 54.7 Å². The summed E-state index contributed by atoms with van der Waals surface area (Å²) in [4.78, 5) is 77.2. The van der Waals surface area contributed by atoms with Crippen molar-refractivity contribution in [3.8, 4) is 0 Å². The van der Waals surface area contributed by atoms with Gasteiger partial charge in [0.1, 0.15) is 12.1 Å². The maximum atomic E-state index is 13.6. The van der Waals surface area contributed by atoms with Crippen molar-refractivity contribution in [2.75, 3.05) is 19.7 Å². The Labute approximate surface area is 252 Å². The molecule has 0 unspecified atom stereocenters. The Kier molecular flexibility index (Phi) is 10.2. The van der Waals surface area contributed by atoms with Crippen LogP contribution in [0.2, 0.25) is 10.0 Å². The number of nitrogens with zero attached hydrogens (tertiary/aromatic N) is 2. The van der Waals surface area contributed by atoms with Crippen LogP contribution in [0.5, 0.6) is 0 Å². The molecule has 0 radical (unpaired) electrons. The molecule has 11 nitrogen and oxygen atoms in total. The molecule has 13 heteroatoms. The average Bonchev–Trinajstić information content (AvgIpc) is 3.10. The summed E-state index contributed by atoms with van der Waals surface area (Å²) in [6, 6.07) is 9.35. The van der Waals surface area contributed by atoms with Crippen LogP contribution in [0, 0.1) is 0 Å². The number of esters is 1. The highest BCUT2D eigenvalue weighted by atomic mass is 35.5. The van der Waals surface area contributed by atoms with Crippen molar-refractivity contribution in [3.63, 3.8) is 0 Å². The van der Waals surface area contributed by atoms with Crippen LogP contribution in [0.25, 0.3) is 0 Å². The first-order chi connectivity index (χ1) is 20.1. The highest BCUT2D eigenvalue weighted by Crippen LogP contribution is 2.26. The van der Waals surface area contributed by atoms with Crippen molar-refractivity contribution in [3.05, 3.63) is 69.2 Å². The lowest BCUT2D eigenvalue weighted by atomic mass is 10.1. The topological polar surface area (TPSA) is 142 Å². The van der Waals surface area contributed by atoms with Crippen LogP contribution in [0.15, 0.2) is 42.5 Å². The van der Waals surface area contributed by atoms with E-state index in [9.17, 15) is 28.8 Å². The predicted octanol–water partition coefficient (Wildman–Crippen LogP) is 2.72. The fraction of sp³-hybridized carbons (Fsp3) is 0.379. The van der Waals surface area contributed by atoms with E-state index in [1.165, 1.54) is 17.1 Å². The number of aryl methyl sites for hydroxylation is 1. The number of hydrogen-bond donors (Lipinski definition) is 2. The Morgan fingerprint density at radius 1 is 1.00 bits per heavy atom. The van der Waals surface area contributed by atoms with Gasteiger partial charge in [-0.05, 0) is 55.5 Å². The Morgan fingerprint density at radius 2 is 1.69 bits per heavy atom. The summed E-state index contributed by atoms with van der Waals surface area (Å²) in [5.74, 6) is -3.56. The fourth-order valence-corrected chi connectivity index (χ4v) is 5.36. The van der Waals surface area contributed by atoms with Crippen molar-refractivity contribution >= 4 is 58.6 Å². The number of fused-ring (bicyclic) bond motifs is 1. The SMILES string of the molecule is CCc1ccc(C(=O)N[C@H]2CCC(=O)N3CCC[C@@H](C(=O)NCC(=O)COC(=O)c4c(Cl)cccc4Cl)N3C2=O)cc1. The molecular weight excluding hydrogens is 587 g/mol. The van der Waals surface area contributed by atoms with E-state index >= 15 is 0 Å². The van der Waals surface area contributed by atoms with Crippen molar-refractivity contribution in [1.29, 1.82) is 0 Å². The van der Waals surface area contributed by atoms with Gasteiger partial charge in [0.15, 0.2) is 12.4 Å². The molecule has 0 bridgehead atoms. The predicted molar refractivity (Wildman–Crippen MR) is 153 cm³/mol. The molecule has 0 saturated carbocycles. The Balaban J connectivity index is 1.38. The van der Waals surface area contributed by atoms with Gasteiger partial charge in [-0.15, -0.1) is 0 Å². The van der Waals surface area contributed by atoms with E-state index in [1.54, 1.807) is 18.2 Å². The largest absolute Gasteiger partial charge is 0.454 e. The molecule has 4 rings (SSSR count). The summed E-state index contributed by atoms with van der Waals surface area (Å²) in [6.45, 7) is 1.11. The van der Waals surface area contributed by atoms with Crippen LogP contribution in [0.3, 0.4) is 0 Å². The second-order valence-corrected chi connectivity index (χ2v) is 10.7. The maximum absolute atomic E-state index is 13.6. The molecule has 2 aliphatic rings. The number of hydrogen-bond acceptors (Lipinski definition) is 7. The molecule has 2 aliphatic heterocycles. The number of halogens is 2. The van der Waals surface area contributed by atoms with Crippen molar-refractivity contribution < 1.29 is 33.5 Å². The van der Waals surface area contributed by atoms with Crippen molar-refractivity contribution in [2.45, 2.75) is 51.1 Å². The molecule has 2 heterocycles. The number of Topliss-reactive ketones (excluding diaryl/α,β-unsaturated/α-hetero) is 1. The van der Waals surface area contributed by atoms with Gasteiger partial charge in [0.25, 0.3) is 11.8 Å². The van der Waals surface area contributed by atoms with Gasteiger partial charge >= 0.3 is 5.97 Å². The molecule has 42 heavy (non-hydrogen) atoms. The number of nitrogens with one attached hydrogen (secondary N) is 2. The summed E-state index contributed by atoms with van der Waals surface area (Å²) in [5, 5.41) is 7.66. The summed E-state index contributed by atoms with van der Waals surface area (Å²) >= 11 is 12.0. The van der Waals surface area contributed by atoms with Gasteiger partial charge in [-0.1, -0.05) is 48.3 Å². The number of amides is 4. The first kappa shape index (κ1) is 31.0. The summed E-state index contributed by atoms with van der Waals surface area (Å²) in [7, 11) is 0. The van der Waals surface area contributed by atoms with Crippen molar-refractivity contribution in [1.82, 2.24) is 20.7 Å². The van der Waals surface area contributed by atoms with Crippen LogP contribution in [0.4, 0.5) is 0 Å². The van der Waals surface area contributed by atoms with Crippen LogP contribution in [-0.2, 0) is 30.3 Å². The zero-order chi connectivity index (χ0) is 30.4. The van der Waals surface area contributed by atoms with E-state index in [1.807, 2.05) is 19.1 Å². The van der Waals surface area contributed by atoms with E-state index in [-0.39, 0.29) is 47.3 Å². The van der Waals surface area contributed by atoms with Gasteiger partial charge in [-0.3, -0.25) is 29.0 Å². The fourth-order valence-electron chi connectivity index (χ4n) is 4.81. The monoisotopic (exact) mass is 616 g/mol. The standard InChI is InChI=1S/C29H30Cl2N4O7/c1-2-17-8-10-18(11-9-17)26(38)33-22-12-13-24(37)34-14-4-7-23(35(34)28(22)40)27(39)32-15-19(36)16-42-29(41)25-20(30)5-3-6-21(25)31/h3,5-6,8-11,22-23H,2,4,7,12-16H2,1H3,(H,32,39)(H,33,38)/t22-,23-/m0/s1. The molecule has 2 aromatic rings. The molecule has 2 saturated heterocycles. The van der Waals surface area contributed by atoms with E-state index in [0.29, 0.717) is 12.0 Å². The minimum atomic E-state index is -1.08. The normalized spacial score (nSPS) is 18.5. The second kappa shape index (κ2) is 13.8. The summed E-state index contributed by atoms with van der Waals surface area (Å²) in [5.41, 5.74) is 1.35.